The molecule has 2 aliphatic heterocycles. The SMILES string of the molecule is COc1cnc(N2CCC([C@@H]3C[C@@H]3CCOc3ccc(CC(=O)N4CC(F)C4)c(F)c3)CC2)nc1. The fourth-order valence-corrected chi connectivity index (χ4v) is 5.28. The highest BCUT2D eigenvalue weighted by Gasteiger charge is 2.43. The number of hydrogen-bond donors (Lipinski definition) is 0. The van der Waals surface area contributed by atoms with E-state index in [4.69, 9.17) is 9.47 Å². The third-order valence-corrected chi connectivity index (χ3v) is 7.57. The maximum atomic E-state index is 14.4. The van der Waals surface area contributed by atoms with Gasteiger partial charge < -0.3 is 19.3 Å². The second-order valence-corrected chi connectivity index (χ2v) is 9.87. The van der Waals surface area contributed by atoms with Crippen LogP contribution < -0.4 is 14.4 Å². The van der Waals surface area contributed by atoms with Crippen molar-refractivity contribution in [2.75, 3.05) is 44.8 Å². The van der Waals surface area contributed by atoms with E-state index in [1.807, 2.05) is 0 Å². The van der Waals surface area contributed by atoms with E-state index in [-0.39, 0.29) is 25.4 Å². The number of alkyl halides is 1. The van der Waals surface area contributed by atoms with Crippen molar-refractivity contribution < 1.29 is 23.0 Å². The topological polar surface area (TPSA) is 67.8 Å². The number of rotatable bonds is 9. The van der Waals surface area contributed by atoms with Gasteiger partial charge in [0.05, 0.1) is 45.6 Å². The van der Waals surface area contributed by atoms with Gasteiger partial charge in [-0.15, -0.1) is 0 Å². The Morgan fingerprint density at radius 2 is 1.89 bits per heavy atom. The summed E-state index contributed by atoms with van der Waals surface area (Å²) in [6, 6.07) is 4.65. The zero-order chi connectivity index (χ0) is 24.4. The van der Waals surface area contributed by atoms with E-state index in [1.54, 1.807) is 31.6 Å². The van der Waals surface area contributed by atoms with Gasteiger partial charge in [0.25, 0.3) is 0 Å². The van der Waals surface area contributed by atoms with Crippen molar-refractivity contribution in [3.8, 4) is 11.5 Å². The fourth-order valence-electron chi connectivity index (χ4n) is 5.28. The molecule has 2 saturated heterocycles. The molecule has 9 heteroatoms. The number of anilines is 1. The van der Waals surface area contributed by atoms with E-state index in [2.05, 4.69) is 14.9 Å². The Balaban J connectivity index is 1.01. The lowest BCUT2D eigenvalue weighted by Gasteiger charge is -2.34. The number of halogens is 2. The van der Waals surface area contributed by atoms with Crippen LogP contribution in [0.25, 0.3) is 0 Å². The summed E-state index contributed by atoms with van der Waals surface area (Å²) in [6.07, 6.45) is 6.91. The molecule has 1 aromatic carbocycles. The molecule has 2 atom stereocenters. The van der Waals surface area contributed by atoms with Crippen molar-refractivity contribution in [3.63, 3.8) is 0 Å². The van der Waals surface area contributed by atoms with Gasteiger partial charge in [0.1, 0.15) is 17.7 Å². The van der Waals surface area contributed by atoms with E-state index in [9.17, 15) is 13.6 Å². The van der Waals surface area contributed by atoms with Gasteiger partial charge in [-0.05, 0) is 55.1 Å². The first-order chi connectivity index (χ1) is 17.0. The Kier molecular flexibility index (Phi) is 7.02. The number of aromatic nitrogens is 2. The van der Waals surface area contributed by atoms with Gasteiger partial charge in [0.2, 0.25) is 11.9 Å². The van der Waals surface area contributed by atoms with Gasteiger partial charge >= 0.3 is 0 Å². The molecule has 0 unspecified atom stereocenters. The van der Waals surface area contributed by atoms with Crippen LogP contribution >= 0.6 is 0 Å². The van der Waals surface area contributed by atoms with Crippen LogP contribution in [0.1, 0.15) is 31.2 Å². The number of amides is 1. The van der Waals surface area contributed by atoms with Crippen molar-refractivity contribution in [3.05, 3.63) is 42.0 Å². The van der Waals surface area contributed by atoms with E-state index in [1.165, 1.54) is 17.4 Å². The van der Waals surface area contributed by atoms with E-state index in [0.29, 0.717) is 29.6 Å². The number of ether oxygens (including phenoxy) is 2. The zero-order valence-corrected chi connectivity index (χ0v) is 20.0. The molecule has 7 nitrogen and oxygen atoms in total. The number of nitrogens with zero attached hydrogens (tertiary/aromatic N) is 4. The van der Waals surface area contributed by atoms with Crippen LogP contribution in [0.3, 0.4) is 0 Å². The molecule has 0 N–H and O–H groups in total. The Morgan fingerprint density at radius 3 is 2.54 bits per heavy atom. The largest absolute Gasteiger partial charge is 0.494 e. The minimum Gasteiger partial charge on any atom is -0.494 e. The monoisotopic (exact) mass is 486 g/mol. The molecule has 1 amide bonds. The molecule has 2 aromatic rings. The van der Waals surface area contributed by atoms with Gasteiger partial charge in [-0.25, -0.2) is 18.7 Å². The minimum atomic E-state index is -0.951. The summed E-state index contributed by atoms with van der Waals surface area (Å²) in [6.45, 7) is 2.72. The normalized spacial score (nSPS) is 22.6. The molecule has 3 aliphatic rings. The van der Waals surface area contributed by atoms with Gasteiger partial charge in [-0.2, -0.15) is 0 Å². The number of likely N-dealkylation sites (tertiary alicyclic amines) is 1. The summed E-state index contributed by atoms with van der Waals surface area (Å²) in [7, 11) is 1.61. The van der Waals surface area contributed by atoms with E-state index < -0.39 is 12.0 Å². The van der Waals surface area contributed by atoms with E-state index >= 15 is 0 Å². The Labute approximate surface area is 204 Å². The highest BCUT2D eigenvalue weighted by atomic mass is 19.1. The van der Waals surface area contributed by atoms with Crippen LogP contribution in [-0.4, -0.2) is 66.8 Å². The summed E-state index contributed by atoms with van der Waals surface area (Å²) in [5.41, 5.74) is 0.318. The molecule has 0 radical (unpaired) electrons. The third kappa shape index (κ3) is 5.65. The zero-order valence-electron chi connectivity index (χ0n) is 20.0. The molecule has 188 valence electrons. The average molecular weight is 487 g/mol. The van der Waals surface area contributed by atoms with Crippen LogP contribution in [0.2, 0.25) is 0 Å². The summed E-state index contributed by atoms with van der Waals surface area (Å²) >= 11 is 0. The molecule has 1 aromatic heterocycles. The molecular formula is C26H32F2N4O3. The Bertz CT molecular complexity index is 1020. The van der Waals surface area contributed by atoms with E-state index in [0.717, 1.165) is 50.1 Å². The number of carbonyl (C=O) groups excluding carboxylic acids is 1. The predicted molar refractivity (Wildman–Crippen MR) is 127 cm³/mol. The summed E-state index contributed by atoms with van der Waals surface area (Å²) in [5.74, 6) is 3.36. The van der Waals surface area contributed by atoms with Crippen LogP contribution in [0, 0.1) is 23.6 Å². The molecule has 1 saturated carbocycles. The first-order valence-corrected chi connectivity index (χ1v) is 12.4. The molecule has 35 heavy (non-hydrogen) atoms. The average Bonchev–Trinajstić information content (AvgIpc) is 3.63. The summed E-state index contributed by atoms with van der Waals surface area (Å²) in [4.78, 5) is 24.5. The number of hydrogen-bond acceptors (Lipinski definition) is 6. The second kappa shape index (κ2) is 10.3. The van der Waals surface area contributed by atoms with Crippen molar-refractivity contribution in [1.29, 1.82) is 0 Å². The maximum Gasteiger partial charge on any atom is 0.227 e. The van der Waals surface area contributed by atoms with Gasteiger partial charge in [-0.3, -0.25) is 4.79 Å². The van der Waals surface area contributed by atoms with Crippen LogP contribution in [0.4, 0.5) is 14.7 Å². The van der Waals surface area contributed by atoms with Crippen molar-refractivity contribution >= 4 is 11.9 Å². The lowest BCUT2D eigenvalue weighted by molar-refractivity contribution is -0.137. The highest BCUT2D eigenvalue weighted by Crippen LogP contribution is 2.49. The van der Waals surface area contributed by atoms with Crippen molar-refractivity contribution in [2.45, 2.75) is 38.3 Å². The highest BCUT2D eigenvalue weighted by molar-refractivity contribution is 5.79. The van der Waals surface area contributed by atoms with Crippen molar-refractivity contribution in [2.24, 2.45) is 17.8 Å². The third-order valence-electron chi connectivity index (χ3n) is 7.57. The minimum absolute atomic E-state index is 0.0496. The summed E-state index contributed by atoms with van der Waals surface area (Å²) in [5, 5.41) is 0. The number of benzene rings is 1. The number of piperidine rings is 1. The molecule has 0 spiro atoms. The predicted octanol–water partition coefficient (Wildman–Crippen LogP) is 3.67. The first-order valence-electron chi connectivity index (χ1n) is 12.4. The van der Waals surface area contributed by atoms with Crippen molar-refractivity contribution in [1.82, 2.24) is 14.9 Å². The lowest BCUT2D eigenvalue weighted by atomic mass is 9.90. The Morgan fingerprint density at radius 1 is 1.14 bits per heavy atom. The van der Waals surface area contributed by atoms with Gasteiger partial charge in [0.15, 0.2) is 5.75 Å². The lowest BCUT2D eigenvalue weighted by Crippen LogP contribution is -2.52. The fraction of sp³-hybridized carbons (Fsp3) is 0.577. The van der Waals surface area contributed by atoms with Crippen LogP contribution in [-0.2, 0) is 11.2 Å². The van der Waals surface area contributed by atoms with Crippen LogP contribution in [0.15, 0.2) is 30.6 Å². The molecule has 3 heterocycles. The van der Waals surface area contributed by atoms with Gasteiger partial charge in [-0.1, -0.05) is 6.07 Å². The molecule has 1 aliphatic carbocycles. The quantitative estimate of drug-likeness (QED) is 0.539. The second-order valence-electron chi connectivity index (χ2n) is 9.87. The van der Waals surface area contributed by atoms with Gasteiger partial charge in [0, 0.05) is 19.2 Å². The maximum absolute atomic E-state index is 14.4. The summed E-state index contributed by atoms with van der Waals surface area (Å²) < 4.78 is 38.3. The Hall–Kier alpha value is -2.97. The van der Waals surface area contributed by atoms with Crippen LogP contribution in [0.5, 0.6) is 11.5 Å². The molecule has 5 rings (SSSR count). The smallest absolute Gasteiger partial charge is 0.227 e. The number of carbonyl (C=O) groups is 1. The first kappa shape index (κ1) is 23.8. The molecule has 3 fully saturated rings. The standard InChI is InChI=1S/C26H32F2N4O3/c1-34-22-13-29-26(30-14-22)31-7-4-17(5-8-31)23-10-18(23)6-9-35-21-3-2-19(24(28)12-21)11-25(33)32-15-20(27)16-32/h2-3,12-14,17-18,20,23H,4-11,15-16H2,1H3/t18-,23-/m0/s1. The molecule has 0 bridgehead atoms. The number of methoxy groups -OCH3 is 1. The molecular weight excluding hydrogens is 454 g/mol.